The van der Waals surface area contributed by atoms with Crippen LogP contribution in [0.3, 0.4) is 0 Å². The number of ether oxygens (including phenoxy) is 1. The molecule has 0 bridgehead atoms. The quantitative estimate of drug-likeness (QED) is 0.432. The number of hydrogen-bond donors (Lipinski definition) is 0. The second-order valence-electron chi connectivity index (χ2n) is 8.11. The monoisotopic (exact) mass is 346 g/mol. The first-order chi connectivity index (χ1) is 12.0. The minimum Gasteiger partial charge on any atom is -0.491 e. The maximum absolute atomic E-state index is 14.1. The Morgan fingerprint density at radius 1 is 1.08 bits per heavy atom. The largest absolute Gasteiger partial charge is 0.491 e. The molecule has 0 saturated heterocycles. The van der Waals surface area contributed by atoms with Crippen LogP contribution in [0.15, 0.2) is 30.4 Å². The van der Waals surface area contributed by atoms with Gasteiger partial charge in [-0.25, -0.2) is 4.39 Å². The van der Waals surface area contributed by atoms with E-state index in [0.717, 1.165) is 23.8 Å². The molecule has 3 atom stereocenters. The summed E-state index contributed by atoms with van der Waals surface area (Å²) in [5, 5.41) is 0. The molecule has 1 aliphatic rings. The predicted molar refractivity (Wildman–Crippen MR) is 105 cm³/mol. The van der Waals surface area contributed by atoms with Crippen LogP contribution in [0.5, 0.6) is 5.75 Å². The molecule has 0 amide bonds. The Labute approximate surface area is 153 Å². The van der Waals surface area contributed by atoms with Gasteiger partial charge >= 0.3 is 0 Å². The minimum absolute atomic E-state index is 0.242. The maximum Gasteiger partial charge on any atom is 0.165 e. The summed E-state index contributed by atoms with van der Waals surface area (Å²) in [5.41, 5.74) is 1.07. The fraction of sp³-hybridized carbons (Fsp3) is 0.652. The standard InChI is InChI=1S/C23H35FO/c1-5-25-23-15-14-21(16-22(23)24)20-12-10-19(11-13-20)9-8-18(4)7-6-17(2)3/h10,12,14-20H,5-9,11,13H2,1-4H3. The number of hydrogen-bond acceptors (Lipinski definition) is 1. The molecule has 0 heterocycles. The Kier molecular flexibility index (Phi) is 7.99. The van der Waals surface area contributed by atoms with Crippen LogP contribution >= 0.6 is 0 Å². The van der Waals surface area contributed by atoms with Crippen LogP contribution in [0.25, 0.3) is 0 Å². The molecule has 1 aromatic carbocycles. The molecule has 0 saturated carbocycles. The lowest BCUT2D eigenvalue weighted by Gasteiger charge is -2.24. The third-order valence-corrected chi connectivity index (χ3v) is 5.42. The van der Waals surface area contributed by atoms with Crippen molar-refractivity contribution in [2.45, 2.75) is 72.1 Å². The molecule has 25 heavy (non-hydrogen) atoms. The van der Waals surface area contributed by atoms with E-state index in [0.29, 0.717) is 24.2 Å². The summed E-state index contributed by atoms with van der Waals surface area (Å²) in [4.78, 5) is 0. The second kappa shape index (κ2) is 9.99. The Morgan fingerprint density at radius 2 is 1.88 bits per heavy atom. The fourth-order valence-electron chi connectivity index (χ4n) is 3.68. The minimum atomic E-state index is -0.242. The van der Waals surface area contributed by atoms with E-state index in [1.54, 1.807) is 12.1 Å². The van der Waals surface area contributed by atoms with Gasteiger partial charge in [0.2, 0.25) is 0 Å². The molecule has 2 rings (SSSR count). The molecule has 1 nitrogen and oxygen atoms in total. The van der Waals surface area contributed by atoms with Crippen LogP contribution in [0.4, 0.5) is 4.39 Å². The van der Waals surface area contributed by atoms with Crippen LogP contribution in [0, 0.1) is 23.6 Å². The molecule has 3 unspecified atom stereocenters. The SMILES string of the molecule is CCOc1ccc(C2C=CC(CCC(C)CCC(C)C)CC2)cc1F. The third-order valence-electron chi connectivity index (χ3n) is 5.42. The summed E-state index contributed by atoms with van der Waals surface area (Å²) in [6.07, 6.45) is 12.3. The molecule has 1 aromatic rings. The molecule has 0 aromatic heterocycles. The predicted octanol–water partition coefficient (Wildman–Crippen LogP) is 7.13. The molecule has 0 radical (unpaired) electrons. The van der Waals surface area contributed by atoms with E-state index in [1.165, 1.54) is 32.1 Å². The van der Waals surface area contributed by atoms with Gasteiger partial charge in [0, 0.05) is 5.92 Å². The van der Waals surface area contributed by atoms with Gasteiger partial charge < -0.3 is 4.74 Å². The van der Waals surface area contributed by atoms with Crippen molar-refractivity contribution in [2.75, 3.05) is 6.61 Å². The number of allylic oxidation sites excluding steroid dienone is 2. The van der Waals surface area contributed by atoms with Crippen molar-refractivity contribution in [3.8, 4) is 5.75 Å². The zero-order chi connectivity index (χ0) is 18.2. The first kappa shape index (κ1) is 20.0. The van der Waals surface area contributed by atoms with Gasteiger partial charge in [-0.15, -0.1) is 0 Å². The Balaban J connectivity index is 1.82. The summed E-state index contributed by atoms with van der Waals surface area (Å²) in [7, 11) is 0. The average molecular weight is 347 g/mol. The van der Waals surface area contributed by atoms with Crippen molar-refractivity contribution in [2.24, 2.45) is 17.8 Å². The third kappa shape index (κ3) is 6.49. The van der Waals surface area contributed by atoms with Crippen molar-refractivity contribution in [3.05, 3.63) is 41.7 Å². The fourth-order valence-corrected chi connectivity index (χ4v) is 3.68. The van der Waals surface area contributed by atoms with Crippen LogP contribution < -0.4 is 4.74 Å². The molecule has 1 aliphatic carbocycles. The Bertz CT molecular complexity index is 549. The molecule has 0 spiro atoms. The van der Waals surface area contributed by atoms with E-state index in [-0.39, 0.29) is 5.82 Å². The first-order valence-corrected chi connectivity index (χ1v) is 10.1. The number of halogens is 1. The van der Waals surface area contributed by atoms with E-state index in [9.17, 15) is 4.39 Å². The molecule has 140 valence electrons. The van der Waals surface area contributed by atoms with Gasteiger partial charge in [0.25, 0.3) is 0 Å². The highest BCUT2D eigenvalue weighted by Gasteiger charge is 2.19. The van der Waals surface area contributed by atoms with E-state index >= 15 is 0 Å². The van der Waals surface area contributed by atoms with Gasteiger partial charge in [-0.2, -0.15) is 0 Å². The van der Waals surface area contributed by atoms with Gasteiger partial charge in [0.15, 0.2) is 11.6 Å². The normalized spacial score (nSPS) is 21.5. The molecule has 0 fully saturated rings. The lowest BCUT2D eigenvalue weighted by Crippen LogP contribution is -2.10. The van der Waals surface area contributed by atoms with Crippen molar-refractivity contribution >= 4 is 0 Å². The maximum atomic E-state index is 14.1. The number of benzene rings is 1. The van der Waals surface area contributed by atoms with Crippen molar-refractivity contribution in [1.29, 1.82) is 0 Å². The number of rotatable bonds is 9. The Morgan fingerprint density at radius 3 is 2.48 bits per heavy atom. The van der Waals surface area contributed by atoms with Gasteiger partial charge in [0.1, 0.15) is 0 Å². The van der Waals surface area contributed by atoms with Crippen LogP contribution in [0.1, 0.15) is 77.7 Å². The van der Waals surface area contributed by atoms with Crippen LogP contribution in [0.2, 0.25) is 0 Å². The van der Waals surface area contributed by atoms with Crippen molar-refractivity contribution < 1.29 is 9.13 Å². The highest BCUT2D eigenvalue weighted by molar-refractivity contribution is 5.33. The highest BCUT2D eigenvalue weighted by Crippen LogP contribution is 2.34. The topological polar surface area (TPSA) is 9.23 Å². The van der Waals surface area contributed by atoms with Crippen molar-refractivity contribution in [3.63, 3.8) is 0 Å². The summed E-state index contributed by atoms with van der Waals surface area (Å²) in [5.74, 6) is 2.80. The van der Waals surface area contributed by atoms with Gasteiger partial charge in [-0.3, -0.25) is 0 Å². The summed E-state index contributed by atoms with van der Waals surface area (Å²) < 4.78 is 19.4. The lowest BCUT2D eigenvalue weighted by molar-refractivity contribution is 0.321. The van der Waals surface area contributed by atoms with Gasteiger partial charge in [-0.1, -0.05) is 58.3 Å². The first-order valence-electron chi connectivity index (χ1n) is 10.1. The molecular formula is C23H35FO. The highest BCUT2D eigenvalue weighted by atomic mass is 19.1. The second-order valence-corrected chi connectivity index (χ2v) is 8.11. The summed E-state index contributed by atoms with van der Waals surface area (Å²) in [6.45, 7) is 9.37. The average Bonchev–Trinajstić information content (AvgIpc) is 2.60. The lowest BCUT2D eigenvalue weighted by atomic mass is 9.81. The summed E-state index contributed by atoms with van der Waals surface area (Å²) >= 11 is 0. The smallest absolute Gasteiger partial charge is 0.165 e. The van der Waals surface area contributed by atoms with E-state index in [4.69, 9.17) is 4.74 Å². The Hall–Kier alpha value is -1.31. The van der Waals surface area contributed by atoms with E-state index < -0.39 is 0 Å². The molecule has 0 aliphatic heterocycles. The van der Waals surface area contributed by atoms with Crippen molar-refractivity contribution in [1.82, 2.24) is 0 Å². The van der Waals surface area contributed by atoms with Gasteiger partial charge in [0.05, 0.1) is 6.61 Å². The van der Waals surface area contributed by atoms with Gasteiger partial charge in [-0.05, 0) is 61.6 Å². The molecule has 0 N–H and O–H groups in total. The van der Waals surface area contributed by atoms with E-state index in [1.807, 2.05) is 13.0 Å². The molecular weight excluding hydrogens is 311 g/mol. The zero-order valence-electron chi connectivity index (χ0n) is 16.4. The van der Waals surface area contributed by atoms with Crippen LogP contribution in [-0.2, 0) is 0 Å². The summed E-state index contributed by atoms with van der Waals surface area (Å²) in [6, 6.07) is 5.43. The molecule has 2 heteroatoms. The zero-order valence-corrected chi connectivity index (χ0v) is 16.4. The van der Waals surface area contributed by atoms with E-state index in [2.05, 4.69) is 32.9 Å². The van der Waals surface area contributed by atoms with Crippen LogP contribution in [-0.4, -0.2) is 6.61 Å².